The zero-order valence-electron chi connectivity index (χ0n) is 16.8. The summed E-state index contributed by atoms with van der Waals surface area (Å²) in [4.78, 5) is 36.1. The van der Waals surface area contributed by atoms with Gasteiger partial charge in [0, 0.05) is 36.2 Å². The summed E-state index contributed by atoms with van der Waals surface area (Å²) in [5.41, 5.74) is 3.67. The molecule has 1 aliphatic heterocycles. The zero-order valence-corrected chi connectivity index (χ0v) is 16.8. The second kappa shape index (κ2) is 9.37. The molecular formula is C23H27N3O3. The van der Waals surface area contributed by atoms with E-state index >= 15 is 0 Å². The summed E-state index contributed by atoms with van der Waals surface area (Å²) in [6, 6.07) is 15.2. The fourth-order valence-corrected chi connectivity index (χ4v) is 3.23. The summed E-state index contributed by atoms with van der Waals surface area (Å²) in [5.74, 6) is -0.377. The van der Waals surface area contributed by atoms with Crippen LogP contribution in [0, 0.1) is 11.8 Å². The molecule has 0 aliphatic carbocycles. The fraction of sp³-hybridized carbons (Fsp3) is 0.348. The number of rotatable bonds is 7. The second-order valence-corrected chi connectivity index (χ2v) is 7.70. The third kappa shape index (κ3) is 5.67. The number of amides is 3. The first-order valence-electron chi connectivity index (χ1n) is 9.97. The molecule has 3 N–H and O–H groups in total. The van der Waals surface area contributed by atoms with Crippen LogP contribution in [0.15, 0.2) is 48.5 Å². The smallest absolute Gasteiger partial charge is 0.227 e. The van der Waals surface area contributed by atoms with E-state index in [1.807, 2.05) is 62.4 Å². The van der Waals surface area contributed by atoms with E-state index in [9.17, 15) is 14.4 Å². The molecule has 0 saturated heterocycles. The van der Waals surface area contributed by atoms with Gasteiger partial charge in [0.2, 0.25) is 17.7 Å². The van der Waals surface area contributed by atoms with Gasteiger partial charge in [-0.3, -0.25) is 14.4 Å². The molecule has 0 fully saturated rings. The number of anilines is 2. The highest BCUT2D eigenvalue weighted by molar-refractivity contribution is 5.96. The van der Waals surface area contributed by atoms with Crippen LogP contribution in [0.25, 0.3) is 0 Å². The van der Waals surface area contributed by atoms with Gasteiger partial charge >= 0.3 is 0 Å². The summed E-state index contributed by atoms with van der Waals surface area (Å²) in [6.07, 6.45) is 1.49. The molecule has 2 aromatic carbocycles. The zero-order chi connectivity index (χ0) is 20.8. The van der Waals surface area contributed by atoms with Crippen LogP contribution < -0.4 is 16.0 Å². The highest BCUT2D eigenvalue weighted by Gasteiger charge is 2.26. The monoisotopic (exact) mass is 393 g/mol. The lowest BCUT2D eigenvalue weighted by molar-refractivity contribution is -0.123. The molecule has 6 nitrogen and oxygen atoms in total. The third-order valence-electron chi connectivity index (χ3n) is 5.07. The van der Waals surface area contributed by atoms with E-state index in [1.54, 1.807) is 0 Å². The largest absolute Gasteiger partial charge is 0.352 e. The Hall–Kier alpha value is -3.15. The van der Waals surface area contributed by atoms with Gasteiger partial charge in [-0.25, -0.2) is 0 Å². The average Bonchev–Trinajstić information content (AvgIpc) is 2.71. The Morgan fingerprint density at radius 1 is 1.10 bits per heavy atom. The molecule has 0 spiro atoms. The highest BCUT2D eigenvalue weighted by Crippen LogP contribution is 2.27. The van der Waals surface area contributed by atoms with E-state index in [-0.39, 0.29) is 29.6 Å². The van der Waals surface area contributed by atoms with Crippen molar-refractivity contribution in [1.29, 1.82) is 0 Å². The average molecular weight is 393 g/mol. The van der Waals surface area contributed by atoms with Gasteiger partial charge in [-0.05, 0) is 42.2 Å². The number of para-hydroxylation sites is 1. The quantitative estimate of drug-likeness (QED) is 0.673. The summed E-state index contributed by atoms with van der Waals surface area (Å²) >= 11 is 0. The first-order valence-corrected chi connectivity index (χ1v) is 9.97. The van der Waals surface area contributed by atoms with E-state index in [1.165, 1.54) is 0 Å². The molecule has 3 rings (SSSR count). The summed E-state index contributed by atoms with van der Waals surface area (Å²) in [5, 5.41) is 8.65. The van der Waals surface area contributed by atoms with Gasteiger partial charge in [-0.15, -0.1) is 0 Å². The van der Waals surface area contributed by atoms with Gasteiger partial charge in [0.25, 0.3) is 0 Å². The number of nitrogens with one attached hydrogen (secondary N) is 3. The Labute approximate surface area is 171 Å². The normalized spacial score (nSPS) is 15.4. The second-order valence-electron chi connectivity index (χ2n) is 7.70. The molecule has 0 aromatic heterocycles. The van der Waals surface area contributed by atoms with Crippen LogP contribution in [-0.4, -0.2) is 17.7 Å². The number of carbonyl (C=O) groups excluding carboxylic acids is 3. The SMILES string of the molecule is CC(C)C(=O)Nc1ccc(CNC(=O)CCC2Cc3ccccc3NC2=O)cc1. The molecule has 1 atom stereocenters. The molecule has 0 radical (unpaired) electrons. The Bertz CT molecular complexity index is 890. The van der Waals surface area contributed by atoms with Gasteiger partial charge in [0.05, 0.1) is 0 Å². The van der Waals surface area contributed by atoms with Crippen molar-refractivity contribution in [2.45, 2.75) is 39.7 Å². The van der Waals surface area contributed by atoms with E-state index in [0.717, 1.165) is 22.5 Å². The van der Waals surface area contributed by atoms with Gasteiger partial charge in [0.15, 0.2) is 0 Å². The van der Waals surface area contributed by atoms with Crippen molar-refractivity contribution in [2.75, 3.05) is 10.6 Å². The van der Waals surface area contributed by atoms with Crippen molar-refractivity contribution in [2.24, 2.45) is 11.8 Å². The Kier molecular flexibility index (Phi) is 6.65. The maximum Gasteiger partial charge on any atom is 0.227 e. The molecule has 0 saturated carbocycles. The number of hydrogen-bond donors (Lipinski definition) is 3. The maximum atomic E-state index is 12.2. The first kappa shape index (κ1) is 20.6. The van der Waals surface area contributed by atoms with E-state index < -0.39 is 0 Å². The van der Waals surface area contributed by atoms with Crippen LogP contribution in [0.3, 0.4) is 0 Å². The number of benzene rings is 2. The van der Waals surface area contributed by atoms with Crippen LogP contribution >= 0.6 is 0 Å². The first-order chi connectivity index (χ1) is 13.9. The summed E-state index contributed by atoms with van der Waals surface area (Å²) < 4.78 is 0. The van der Waals surface area contributed by atoms with E-state index in [0.29, 0.717) is 25.8 Å². The minimum Gasteiger partial charge on any atom is -0.352 e. The molecular weight excluding hydrogens is 366 g/mol. The predicted molar refractivity (Wildman–Crippen MR) is 113 cm³/mol. The highest BCUT2D eigenvalue weighted by atomic mass is 16.2. The Balaban J connectivity index is 1.43. The summed E-state index contributed by atoms with van der Waals surface area (Å²) in [7, 11) is 0. The number of carbonyl (C=O) groups is 3. The molecule has 0 bridgehead atoms. The van der Waals surface area contributed by atoms with Crippen molar-refractivity contribution in [3.63, 3.8) is 0 Å². The molecule has 1 unspecified atom stereocenters. The van der Waals surface area contributed by atoms with Crippen LogP contribution in [-0.2, 0) is 27.3 Å². The lowest BCUT2D eigenvalue weighted by atomic mass is 9.89. The number of fused-ring (bicyclic) bond motifs is 1. The topological polar surface area (TPSA) is 87.3 Å². The Morgan fingerprint density at radius 2 is 1.83 bits per heavy atom. The molecule has 3 amide bonds. The molecule has 1 heterocycles. The van der Waals surface area contributed by atoms with Crippen LogP contribution in [0.4, 0.5) is 11.4 Å². The van der Waals surface area contributed by atoms with Crippen LogP contribution in [0.5, 0.6) is 0 Å². The van der Waals surface area contributed by atoms with Crippen molar-refractivity contribution in [3.05, 3.63) is 59.7 Å². The molecule has 29 heavy (non-hydrogen) atoms. The van der Waals surface area contributed by atoms with Crippen LogP contribution in [0.2, 0.25) is 0 Å². The fourth-order valence-electron chi connectivity index (χ4n) is 3.23. The molecule has 2 aromatic rings. The summed E-state index contributed by atoms with van der Waals surface area (Å²) in [6.45, 7) is 4.10. The van der Waals surface area contributed by atoms with Gasteiger partial charge in [-0.2, -0.15) is 0 Å². The minimum absolute atomic E-state index is 0.0180. The standard InChI is InChI=1S/C23H27N3O3/c1-15(2)22(28)25-19-10-7-16(8-11-19)14-24-21(27)12-9-18-13-17-5-3-4-6-20(17)26-23(18)29/h3-8,10-11,15,18H,9,12-14H2,1-2H3,(H,24,27)(H,25,28)(H,26,29). The van der Waals surface area contributed by atoms with Crippen LogP contribution in [0.1, 0.15) is 37.8 Å². The van der Waals surface area contributed by atoms with Crippen molar-refractivity contribution < 1.29 is 14.4 Å². The van der Waals surface area contributed by atoms with E-state index in [4.69, 9.17) is 0 Å². The van der Waals surface area contributed by atoms with Gasteiger partial charge < -0.3 is 16.0 Å². The molecule has 6 heteroatoms. The lowest BCUT2D eigenvalue weighted by Crippen LogP contribution is -2.31. The lowest BCUT2D eigenvalue weighted by Gasteiger charge is -2.24. The maximum absolute atomic E-state index is 12.2. The Morgan fingerprint density at radius 3 is 2.55 bits per heavy atom. The number of hydrogen-bond acceptors (Lipinski definition) is 3. The van der Waals surface area contributed by atoms with Crippen molar-refractivity contribution >= 4 is 29.1 Å². The third-order valence-corrected chi connectivity index (χ3v) is 5.07. The molecule has 152 valence electrons. The van der Waals surface area contributed by atoms with Gasteiger partial charge in [0.1, 0.15) is 0 Å². The van der Waals surface area contributed by atoms with Crippen molar-refractivity contribution in [3.8, 4) is 0 Å². The van der Waals surface area contributed by atoms with Gasteiger partial charge in [-0.1, -0.05) is 44.2 Å². The van der Waals surface area contributed by atoms with Crippen molar-refractivity contribution in [1.82, 2.24) is 5.32 Å². The minimum atomic E-state index is -0.181. The molecule has 1 aliphatic rings. The predicted octanol–water partition coefficient (Wildman–Crippen LogP) is 3.49. The van der Waals surface area contributed by atoms with E-state index in [2.05, 4.69) is 16.0 Å².